The minimum absolute atomic E-state index is 0.0268. The highest BCUT2D eigenvalue weighted by Crippen LogP contribution is 2.43. The zero-order valence-corrected chi connectivity index (χ0v) is 12.4. The van der Waals surface area contributed by atoms with Crippen molar-refractivity contribution in [3.05, 3.63) is 15.6 Å². The Balaban J connectivity index is 2.17. The van der Waals surface area contributed by atoms with E-state index in [2.05, 4.69) is 4.98 Å². The molecule has 106 valence electrons. The summed E-state index contributed by atoms with van der Waals surface area (Å²) in [7, 11) is -3.08. The molecule has 0 amide bonds. The Morgan fingerprint density at radius 1 is 1.47 bits per heavy atom. The van der Waals surface area contributed by atoms with Crippen molar-refractivity contribution in [1.82, 2.24) is 4.98 Å². The number of aryl methyl sites for hydroxylation is 1. The van der Waals surface area contributed by atoms with Gasteiger partial charge in [-0.05, 0) is 19.3 Å². The van der Waals surface area contributed by atoms with Crippen LogP contribution in [0.4, 0.5) is 0 Å². The van der Waals surface area contributed by atoms with E-state index in [9.17, 15) is 13.2 Å². The number of carboxylic acids is 1. The van der Waals surface area contributed by atoms with Gasteiger partial charge in [0.05, 0.1) is 12.1 Å². The number of carboxylic acid groups (broad SMARTS) is 1. The lowest BCUT2D eigenvalue weighted by molar-refractivity contribution is -0.136. The van der Waals surface area contributed by atoms with E-state index in [0.29, 0.717) is 17.3 Å². The maximum absolute atomic E-state index is 11.6. The summed E-state index contributed by atoms with van der Waals surface area (Å²) in [6.45, 7) is 1.62. The van der Waals surface area contributed by atoms with Gasteiger partial charge in [0.15, 0.2) is 9.84 Å². The van der Waals surface area contributed by atoms with Crippen LogP contribution in [-0.2, 0) is 26.8 Å². The maximum atomic E-state index is 11.6. The summed E-state index contributed by atoms with van der Waals surface area (Å²) in [5, 5.41) is 9.34. The standard InChI is InChI=1S/C12H17NO4S2/c1-2-19(16,17)7-10-13-12(8-3-4-8)9(18-10)5-6-11(14)15/h8H,2-7H2,1H3,(H,14,15). The molecule has 1 aromatic rings. The van der Waals surface area contributed by atoms with Gasteiger partial charge in [0.25, 0.3) is 0 Å². The summed E-state index contributed by atoms with van der Waals surface area (Å²) in [6, 6.07) is 0. The third-order valence-corrected chi connectivity index (χ3v) is 5.99. The molecule has 0 bridgehead atoms. The SMILES string of the molecule is CCS(=O)(=O)Cc1nc(C2CC2)c(CCC(=O)O)s1. The van der Waals surface area contributed by atoms with Crippen LogP contribution in [0.5, 0.6) is 0 Å². The van der Waals surface area contributed by atoms with Crippen molar-refractivity contribution in [2.75, 3.05) is 5.75 Å². The average Bonchev–Trinajstić information content (AvgIpc) is 3.09. The summed E-state index contributed by atoms with van der Waals surface area (Å²) < 4.78 is 23.2. The number of carbonyl (C=O) groups is 1. The number of rotatable bonds is 7. The van der Waals surface area contributed by atoms with Gasteiger partial charge in [-0.25, -0.2) is 13.4 Å². The maximum Gasteiger partial charge on any atom is 0.303 e. The van der Waals surface area contributed by atoms with E-state index in [4.69, 9.17) is 5.11 Å². The van der Waals surface area contributed by atoms with Gasteiger partial charge in [-0.2, -0.15) is 0 Å². The molecule has 1 heterocycles. The second-order valence-electron chi connectivity index (χ2n) is 4.76. The van der Waals surface area contributed by atoms with Crippen LogP contribution < -0.4 is 0 Å². The van der Waals surface area contributed by atoms with Crippen molar-refractivity contribution in [3.63, 3.8) is 0 Å². The number of nitrogens with zero attached hydrogens (tertiary/aromatic N) is 1. The van der Waals surface area contributed by atoms with Crippen LogP contribution in [0.2, 0.25) is 0 Å². The van der Waals surface area contributed by atoms with Crippen molar-refractivity contribution in [2.45, 2.75) is 44.3 Å². The monoisotopic (exact) mass is 303 g/mol. The van der Waals surface area contributed by atoms with Gasteiger partial charge in [-0.3, -0.25) is 4.79 Å². The minimum Gasteiger partial charge on any atom is -0.481 e. The molecule has 1 N–H and O–H groups in total. The highest BCUT2D eigenvalue weighted by Gasteiger charge is 2.30. The Kier molecular flexibility index (Phi) is 4.25. The third-order valence-electron chi connectivity index (χ3n) is 3.09. The van der Waals surface area contributed by atoms with E-state index >= 15 is 0 Å². The first-order valence-electron chi connectivity index (χ1n) is 6.32. The van der Waals surface area contributed by atoms with Gasteiger partial charge in [0, 0.05) is 16.5 Å². The van der Waals surface area contributed by atoms with E-state index in [1.54, 1.807) is 6.92 Å². The number of hydrogen-bond acceptors (Lipinski definition) is 5. The van der Waals surface area contributed by atoms with E-state index in [0.717, 1.165) is 23.4 Å². The third kappa shape index (κ3) is 4.01. The molecular weight excluding hydrogens is 286 g/mol. The normalized spacial score (nSPS) is 15.6. The summed E-state index contributed by atoms with van der Waals surface area (Å²) in [4.78, 5) is 16.0. The van der Waals surface area contributed by atoms with Crippen molar-refractivity contribution in [3.8, 4) is 0 Å². The predicted octanol–water partition coefficient (Wildman–Crippen LogP) is 1.97. The highest BCUT2D eigenvalue weighted by molar-refractivity contribution is 7.90. The Morgan fingerprint density at radius 2 is 2.16 bits per heavy atom. The number of sulfone groups is 1. The summed E-state index contributed by atoms with van der Waals surface area (Å²) in [5.41, 5.74) is 0.938. The topological polar surface area (TPSA) is 84.3 Å². The molecule has 0 unspecified atom stereocenters. The fourth-order valence-corrected chi connectivity index (χ4v) is 4.21. The molecular formula is C12H17NO4S2. The van der Waals surface area contributed by atoms with Crippen LogP contribution in [0.3, 0.4) is 0 Å². The minimum atomic E-state index is -3.08. The molecule has 0 saturated heterocycles. The fourth-order valence-electron chi connectivity index (χ4n) is 1.84. The van der Waals surface area contributed by atoms with Gasteiger partial charge in [-0.15, -0.1) is 11.3 Å². The average molecular weight is 303 g/mol. The van der Waals surface area contributed by atoms with Crippen LogP contribution in [0.15, 0.2) is 0 Å². The lowest BCUT2D eigenvalue weighted by Crippen LogP contribution is -2.06. The lowest BCUT2D eigenvalue weighted by Gasteiger charge is -1.97. The van der Waals surface area contributed by atoms with E-state index in [1.165, 1.54) is 11.3 Å². The molecule has 0 atom stereocenters. The highest BCUT2D eigenvalue weighted by atomic mass is 32.2. The second-order valence-corrected chi connectivity index (χ2v) is 8.28. The van der Waals surface area contributed by atoms with Gasteiger partial charge in [0.1, 0.15) is 10.8 Å². The molecule has 19 heavy (non-hydrogen) atoms. The molecule has 1 aromatic heterocycles. The van der Waals surface area contributed by atoms with Crippen molar-refractivity contribution in [1.29, 1.82) is 0 Å². The quantitative estimate of drug-likeness (QED) is 0.832. The largest absolute Gasteiger partial charge is 0.481 e. The van der Waals surface area contributed by atoms with Crippen LogP contribution in [-0.4, -0.2) is 30.2 Å². The van der Waals surface area contributed by atoms with Crippen molar-refractivity contribution >= 4 is 27.1 Å². The smallest absolute Gasteiger partial charge is 0.303 e. The molecule has 0 aromatic carbocycles. The molecule has 1 aliphatic carbocycles. The summed E-state index contributed by atoms with van der Waals surface area (Å²) in [6.07, 6.45) is 2.67. The van der Waals surface area contributed by atoms with Crippen LogP contribution in [0.1, 0.15) is 47.7 Å². The molecule has 0 spiro atoms. The van der Waals surface area contributed by atoms with E-state index < -0.39 is 15.8 Å². The van der Waals surface area contributed by atoms with E-state index in [-0.39, 0.29) is 17.9 Å². The second kappa shape index (κ2) is 5.58. The van der Waals surface area contributed by atoms with Crippen molar-refractivity contribution < 1.29 is 18.3 Å². The zero-order chi connectivity index (χ0) is 14.0. The van der Waals surface area contributed by atoms with Gasteiger partial charge in [-0.1, -0.05) is 6.92 Å². The molecule has 1 saturated carbocycles. The Hall–Kier alpha value is -0.950. The van der Waals surface area contributed by atoms with Crippen LogP contribution in [0.25, 0.3) is 0 Å². The first-order valence-corrected chi connectivity index (χ1v) is 8.95. The van der Waals surface area contributed by atoms with Gasteiger partial charge in [0.2, 0.25) is 0 Å². The predicted molar refractivity (Wildman–Crippen MR) is 73.2 cm³/mol. The first-order chi connectivity index (χ1) is 8.91. The number of thiazole rings is 1. The van der Waals surface area contributed by atoms with Gasteiger partial charge < -0.3 is 5.11 Å². The summed E-state index contributed by atoms with van der Waals surface area (Å²) >= 11 is 1.36. The Labute approximate surface area is 116 Å². The zero-order valence-electron chi connectivity index (χ0n) is 10.8. The molecule has 2 rings (SSSR count). The van der Waals surface area contributed by atoms with Crippen molar-refractivity contribution in [2.24, 2.45) is 0 Å². The van der Waals surface area contributed by atoms with Gasteiger partial charge >= 0.3 is 5.97 Å². The van der Waals surface area contributed by atoms with E-state index in [1.807, 2.05) is 0 Å². The first kappa shape index (κ1) is 14.5. The number of aliphatic carboxylic acids is 1. The Bertz CT molecular complexity index is 573. The molecule has 7 heteroatoms. The molecule has 0 aliphatic heterocycles. The van der Waals surface area contributed by atoms with Crippen LogP contribution in [0, 0.1) is 0 Å². The molecule has 1 aliphatic rings. The molecule has 0 radical (unpaired) electrons. The number of hydrogen-bond donors (Lipinski definition) is 1. The Morgan fingerprint density at radius 3 is 2.68 bits per heavy atom. The molecule has 5 nitrogen and oxygen atoms in total. The lowest BCUT2D eigenvalue weighted by atomic mass is 10.2. The summed E-state index contributed by atoms with van der Waals surface area (Å²) in [5.74, 6) is -0.340. The fraction of sp³-hybridized carbons (Fsp3) is 0.667. The van der Waals surface area contributed by atoms with Crippen LogP contribution >= 0.6 is 11.3 Å². The molecule has 1 fully saturated rings. The number of aromatic nitrogens is 1.